The van der Waals surface area contributed by atoms with E-state index >= 15 is 0 Å². The topological polar surface area (TPSA) is 64.3 Å². The van der Waals surface area contributed by atoms with E-state index in [0.717, 1.165) is 18.6 Å². The lowest BCUT2D eigenvalue weighted by molar-refractivity contribution is -0.122. The summed E-state index contributed by atoms with van der Waals surface area (Å²) in [5, 5.41) is 2.97. The largest absolute Gasteiger partial charge is 0.493 e. The number of anilines is 1. The van der Waals surface area contributed by atoms with Crippen LogP contribution >= 0.6 is 0 Å². The van der Waals surface area contributed by atoms with Crippen molar-refractivity contribution in [3.8, 4) is 5.75 Å². The quantitative estimate of drug-likeness (QED) is 0.730. The number of benzene rings is 1. The maximum atomic E-state index is 11.6. The first kappa shape index (κ1) is 14.4. The summed E-state index contributed by atoms with van der Waals surface area (Å²) in [6.07, 6.45) is 2.29. The zero-order valence-corrected chi connectivity index (χ0v) is 11.1. The second-order valence-electron chi connectivity index (χ2n) is 4.25. The number of carbonyl (C=O) groups is 1. The van der Waals surface area contributed by atoms with E-state index in [2.05, 4.69) is 19.2 Å². The van der Waals surface area contributed by atoms with Crippen LogP contribution < -0.4 is 15.8 Å². The number of rotatable bonds is 7. The normalized spacial score (nSPS) is 10.4. The zero-order valence-electron chi connectivity index (χ0n) is 11.1. The molecule has 0 saturated heterocycles. The van der Waals surface area contributed by atoms with Gasteiger partial charge in [0.1, 0.15) is 5.75 Å². The molecule has 0 aliphatic carbocycles. The molecule has 1 amide bonds. The van der Waals surface area contributed by atoms with Crippen molar-refractivity contribution >= 4 is 11.6 Å². The molecule has 0 heterocycles. The van der Waals surface area contributed by atoms with Crippen molar-refractivity contribution in [3.05, 3.63) is 24.3 Å². The van der Waals surface area contributed by atoms with Crippen molar-refractivity contribution in [2.75, 3.05) is 12.3 Å². The number of nitrogens with two attached hydrogens (primary N) is 1. The Morgan fingerprint density at radius 1 is 1.28 bits per heavy atom. The molecule has 1 aromatic carbocycles. The number of amides is 1. The van der Waals surface area contributed by atoms with Crippen molar-refractivity contribution in [3.63, 3.8) is 0 Å². The molecule has 0 fully saturated rings. The van der Waals surface area contributed by atoms with Crippen molar-refractivity contribution in [1.82, 2.24) is 5.32 Å². The third-order valence-corrected chi connectivity index (χ3v) is 2.83. The molecule has 4 heteroatoms. The van der Waals surface area contributed by atoms with Crippen molar-refractivity contribution in [2.45, 2.75) is 39.2 Å². The summed E-state index contributed by atoms with van der Waals surface area (Å²) in [5.41, 5.74) is 6.27. The zero-order chi connectivity index (χ0) is 13.4. The van der Waals surface area contributed by atoms with Gasteiger partial charge in [-0.15, -0.1) is 0 Å². The fraction of sp³-hybridized carbons (Fsp3) is 0.500. The summed E-state index contributed by atoms with van der Waals surface area (Å²) in [7, 11) is 0. The lowest BCUT2D eigenvalue weighted by atomic mass is 10.1. The molecule has 0 bridgehead atoms. The Bertz CT molecular complexity index is 359. The van der Waals surface area contributed by atoms with Crippen LogP contribution in [0.4, 0.5) is 5.69 Å². The second kappa shape index (κ2) is 7.58. The van der Waals surface area contributed by atoms with Crippen LogP contribution in [0.25, 0.3) is 0 Å². The molecular formula is C14H22N2O2. The summed E-state index contributed by atoms with van der Waals surface area (Å²) < 4.78 is 5.46. The molecular weight excluding hydrogens is 228 g/mol. The van der Waals surface area contributed by atoms with Crippen LogP contribution in [-0.2, 0) is 4.79 Å². The fourth-order valence-corrected chi connectivity index (χ4v) is 1.62. The average molecular weight is 250 g/mol. The number of ether oxygens (including phenoxy) is 1. The minimum Gasteiger partial charge on any atom is -0.493 e. The highest BCUT2D eigenvalue weighted by Gasteiger charge is 2.07. The Hall–Kier alpha value is -1.71. The van der Waals surface area contributed by atoms with Crippen LogP contribution in [0.1, 0.15) is 33.1 Å². The van der Waals surface area contributed by atoms with Crippen LogP contribution in [0.2, 0.25) is 0 Å². The van der Waals surface area contributed by atoms with Gasteiger partial charge in [0.25, 0.3) is 0 Å². The van der Waals surface area contributed by atoms with E-state index < -0.39 is 0 Å². The van der Waals surface area contributed by atoms with Crippen molar-refractivity contribution < 1.29 is 9.53 Å². The maximum Gasteiger partial charge on any atom is 0.223 e. The molecule has 3 N–H and O–H groups in total. The molecule has 0 aliphatic rings. The minimum atomic E-state index is 0.0409. The molecule has 0 aromatic heterocycles. The third-order valence-electron chi connectivity index (χ3n) is 2.83. The van der Waals surface area contributed by atoms with Gasteiger partial charge in [0.05, 0.1) is 13.0 Å². The Balaban J connectivity index is 2.25. The van der Waals surface area contributed by atoms with Gasteiger partial charge >= 0.3 is 0 Å². The highest BCUT2D eigenvalue weighted by atomic mass is 16.5. The van der Waals surface area contributed by atoms with Crippen molar-refractivity contribution in [1.29, 1.82) is 0 Å². The van der Waals surface area contributed by atoms with Crippen LogP contribution in [0.3, 0.4) is 0 Å². The summed E-state index contributed by atoms with van der Waals surface area (Å²) in [4.78, 5) is 11.6. The summed E-state index contributed by atoms with van der Waals surface area (Å²) in [6, 6.07) is 7.43. The smallest absolute Gasteiger partial charge is 0.223 e. The molecule has 0 radical (unpaired) electrons. The van der Waals surface area contributed by atoms with E-state index in [4.69, 9.17) is 10.5 Å². The Morgan fingerprint density at radius 3 is 2.44 bits per heavy atom. The van der Waals surface area contributed by atoms with E-state index in [0.29, 0.717) is 18.7 Å². The fourth-order valence-electron chi connectivity index (χ4n) is 1.62. The van der Waals surface area contributed by atoms with Gasteiger partial charge in [-0.05, 0) is 37.1 Å². The Labute approximate surface area is 109 Å². The Morgan fingerprint density at radius 2 is 1.89 bits per heavy atom. The number of nitrogen functional groups attached to an aromatic ring is 1. The van der Waals surface area contributed by atoms with Gasteiger partial charge < -0.3 is 15.8 Å². The molecule has 0 spiro atoms. The lowest BCUT2D eigenvalue weighted by Gasteiger charge is -2.14. The van der Waals surface area contributed by atoms with Crippen LogP contribution in [0.5, 0.6) is 5.75 Å². The SMILES string of the molecule is CCC(CC)NC(=O)CCOc1ccc(N)cc1. The number of carbonyl (C=O) groups excluding carboxylic acids is 1. The monoisotopic (exact) mass is 250 g/mol. The van der Waals surface area contributed by atoms with Gasteiger partial charge in [-0.1, -0.05) is 13.8 Å². The molecule has 18 heavy (non-hydrogen) atoms. The number of nitrogens with one attached hydrogen (secondary N) is 1. The predicted molar refractivity (Wildman–Crippen MR) is 73.5 cm³/mol. The molecule has 0 aliphatic heterocycles. The Kier molecular flexibility index (Phi) is 6.05. The predicted octanol–water partition coefficient (Wildman–Crippen LogP) is 2.34. The van der Waals surface area contributed by atoms with E-state index in [1.807, 2.05) is 0 Å². The van der Waals surface area contributed by atoms with E-state index in [1.54, 1.807) is 24.3 Å². The van der Waals surface area contributed by atoms with Crippen LogP contribution in [0.15, 0.2) is 24.3 Å². The van der Waals surface area contributed by atoms with E-state index in [1.165, 1.54) is 0 Å². The summed E-state index contributed by atoms with van der Waals surface area (Å²) in [6.45, 7) is 4.52. The molecule has 1 aromatic rings. The summed E-state index contributed by atoms with van der Waals surface area (Å²) in [5.74, 6) is 0.777. The highest BCUT2D eigenvalue weighted by Crippen LogP contribution is 2.13. The van der Waals surface area contributed by atoms with E-state index in [9.17, 15) is 4.79 Å². The molecule has 1 rings (SSSR count). The van der Waals surface area contributed by atoms with Gasteiger partial charge in [0.2, 0.25) is 5.91 Å². The summed E-state index contributed by atoms with van der Waals surface area (Å²) >= 11 is 0. The van der Waals surface area contributed by atoms with Crippen molar-refractivity contribution in [2.24, 2.45) is 0 Å². The average Bonchev–Trinajstić information content (AvgIpc) is 2.38. The van der Waals surface area contributed by atoms with Crippen LogP contribution in [0, 0.1) is 0 Å². The first-order valence-corrected chi connectivity index (χ1v) is 6.43. The maximum absolute atomic E-state index is 11.6. The van der Waals surface area contributed by atoms with Gasteiger partial charge in [0.15, 0.2) is 0 Å². The molecule has 0 atom stereocenters. The van der Waals surface area contributed by atoms with Gasteiger partial charge in [-0.25, -0.2) is 0 Å². The number of hydrogen-bond acceptors (Lipinski definition) is 3. The first-order valence-electron chi connectivity index (χ1n) is 6.43. The molecule has 0 unspecified atom stereocenters. The minimum absolute atomic E-state index is 0.0409. The van der Waals surface area contributed by atoms with Gasteiger partial charge in [0, 0.05) is 11.7 Å². The third kappa shape index (κ3) is 5.08. The molecule has 0 saturated carbocycles. The molecule has 100 valence electrons. The van der Waals surface area contributed by atoms with Crippen LogP contribution in [-0.4, -0.2) is 18.6 Å². The van der Waals surface area contributed by atoms with Gasteiger partial charge in [-0.3, -0.25) is 4.79 Å². The molecule has 4 nitrogen and oxygen atoms in total. The highest BCUT2D eigenvalue weighted by molar-refractivity contribution is 5.76. The van der Waals surface area contributed by atoms with E-state index in [-0.39, 0.29) is 11.9 Å². The standard InChI is InChI=1S/C14H22N2O2/c1-3-12(4-2)16-14(17)9-10-18-13-7-5-11(15)6-8-13/h5-8,12H,3-4,9-10,15H2,1-2H3,(H,16,17). The second-order valence-corrected chi connectivity index (χ2v) is 4.25. The number of hydrogen-bond donors (Lipinski definition) is 2. The van der Waals surface area contributed by atoms with Gasteiger partial charge in [-0.2, -0.15) is 0 Å². The lowest BCUT2D eigenvalue weighted by Crippen LogP contribution is -2.34. The first-order chi connectivity index (χ1) is 8.65.